The maximum Gasteiger partial charge on any atom is 0.177 e. The largest absolute Gasteiger partial charge is 0.376 e. The van der Waals surface area contributed by atoms with E-state index in [-0.39, 0.29) is 0 Å². The average molecular weight is 275 g/mol. The molecule has 0 bridgehead atoms. The van der Waals surface area contributed by atoms with Gasteiger partial charge in [0, 0.05) is 6.54 Å². The number of nitrogens with zero attached hydrogens (tertiary/aromatic N) is 4. The van der Waals surface area contributed by atoms with Gasteiger partial charge in [0.05, 0.1) is 12.7 Å². The molecule has 1 aliphatic rings. The minimum absolute atomic E-state index is 0.429. The fourth-order valence-electron chi connectivity index (χ4n) is 2.74. The number of aromatic nitrogens is 4. The number of hydrogen-bond acceptors (Lipinski definition) is 5. The lowest BCUT2D eigenvalue weighted by atomic mass is 9.88. The van der Waals surface area contributed by atoms with Gasteiger partial charge in [-0.15, -0.1) is 15.3 Å². The van der Waals surface area contributed by atoms with Crippen molar-refractivity contribution in [1.29, 1.82) is 0 Å². The zero-order valence-corrected chi connectivity index (χ0v) is 11.8. The van der Waals surface area contributed by atoms with Crippen LogP contribution in [0.5, 0.6) is 0 Å². The highest BCUT2D eigenvalue weighted by Crippen LogP contribution is 2.26. The van der Waals surface area contributed by atoms with Crippen molar-refractivity contribution in [3.05, 3.63) is 18.5 Å². The highest BCUT2D eigenvalue weighted by atomic mass is 16.5. The van der Waals surface area contributed by atoms with Crippen molar-refractivity contribution >= 4 is 11.5 Å². The number of rotatable bonds is 5. The monoisotopic (exact) mass is 275 g/mol. The first kappa shape index (κ1) is 13.3. The summed E-state index contributed by atoms with van der Waals surface area (Å²) >= 11 is 0. The summed E-state index contributed by atoms with van der Waals surface area (Å²) in [5, 5.41) is 15.4. The van der Waals surface area contributed by atoms with Gasteiger partial charge >= 0.3 is 0 Å². The van der Waals surface area contributed by atoms with Crippen LogP contribution in [0.15, 0.2) is 18.5 Å². The summed E-state index contributed by atoms with van der Waals surface area (Å²) < 4.78 is 7.63. The van der Waals surface area contributed by atoms with E-state index >= 15 is 0 Å². The topological polar surface area (TPSA) is 64.3 Å². The van der Waals surface area contributed by atoms with Crippen LogP contribution in [0.4, 0.5) is 5.82 Å². The molecule has 0 radical (unpaired) electrons. The van der Waals surface area contributed by atoms with Crippen LogP contribution >= 0.6 is 0 Å². The summed E-state index contributed by atoms with van der Waals surface area (Å²) in [4.78, 5) is 0. The van der Waals surface area contributed by atoms with Crippen molar-refractivity contribution in [2.24, 2.45) is 5.92 Å². The van der Waals surface area contributed by atoms with E-state index in [0.717, 1.165) is 24.6 Å². The van der Waals surface area contributed by atoms with Crippen molar-refractivity contribution in [2.75, 3.05) is 18.5 Å². The lowest BCUT2D eigenvalue weighted by Gasteiger charge is -2.28. The first-order valence-corrected chi connectivity index (χ1v) is 7.35. The molecule has 3 rings (SSSR count). The Morgan fingerprint density at radius 3 is 3.15 bits per heavy atom. The summed E-state index contributed by atoms with van der Waals surface area (Å²) in [5.74, 6) is 1.51. The van der Waals surface area contributed by atoms with Crippen molar-refractivity contribution in [1.82, 2.24) is 19.8 Å². The second kappa shape index (κ2) is 6.17. The van der Waals surface area contributed by atoms with Crippen LogP contribution in [0.25, 0.3) is 5.65 Å². The van der Waals surface area contributed by atoms with E-state index in [9.17, 15) is 0 Å². The standard InChI is InChI=1S/C14H21N5O/c1-11-4-2-3-5-12(11)20-9-8-15-13-6-7-14-17-16-10-19(14)18-13/h6-7,10-12H,2-5,8-9H2,1H3,(H,15,18)/t11-,12+/m0/s1. The maximum atomic E-state index is 5.97. The summed E-state index contributed by atoms with van der Waals surface area (Å²) in [6, 6.07) is 3.81. The Morgan fingerprint density at radius 2 is 2.25 bits per heavy atom. The number of hydrogen-bond donors (Lipinski definition) is 1. The third-order valence-corrected chi connectivity index (χ3v) is 3.93. The van der Waals surface area contributed by atoms with Gasteiger partial charge in [0.1, 0.15) is 12.1 Å². The molecule has 6 heteroatoms. The molecule has 108 valence electrons. The molecule has 0 saturated heterocycles. The average Bonchev–Trinajstić information content (AvgIpc) is 2.93. The Labute approximate surface area is 118 Å². The van der Waals surface area contributed by atoms with Gasteiger partial charge in [0.25, 0.3) is 0 Å². The molecule has 1 N–H and O–H groups in total. The van der Waals surface area contributed by atoms with Crippen molar-refractivity contribution in [3.8, 4) is 0 Å². The summed E-state index contributed by atoms with van der Waals surface area (Å²) in [6.07, 6.45) is 7.17. The minimum Gasteiger partial charge on any atom is -0.376 e. The van der Waals surface area contributed by atoms with Gasteiger partial charge in [-0.2, -0.15) is 4.52 Å². The molecule has 0 aromatic carbocycles. The van der Waals surface area contributed by atoms with Crippen molar-refractivity contribution < 1.29 is 4.74 Å². The normalized spacial score (nSPS) is 23.1. The van der Waals surface area contributed by atoms with E-state index in [4.69, 9.17) is 4.74 Å². The van der Waals surface area contributed by atoms with Crippen LogP contribution < -0.4 is 5.32 Å². The molecular weight excluding hydrogens is 254 g/mol. The molecule has 1 aliphatic carbocycles. The van der Waals surface area contributed by atoms with Crippen molar-refractivity contribution in [2.45, 2.75) is 38.7 Å². The summed E-state index contributed by atoms with van der Waals surface area (Å²) in [5.41, 5.74) is 0.753. The van der Waals surface area contributed by atoms with Gasteiger partial charge in [-0.3, -0.25) is 0 Å². The second-order valence-electron chi connectivity index (χ2n) is 5.45. The SMILES string of the molecule is C[C@H]1CCCC[C@H]1OCCNc1ccc2nncn2n1. The minimum atomic E-state index is 0.429. The van der Waals surface area contributed by atoms with E-state index in [2.05, 4.69) is 27.5 Å². The van der Waals surface area contributed by atoms with Crippen LogP contribution in [0.1, 0.15) is 32.6 Å². The lowest BCUT2D eigenvalue weighted by molar-refractivity contribution is 0.000368. The molecule has 20 heavy (non-hydrogen) atoms. The molecule has 0 amide bonds. The number of nitrogens with one attached hydrogen (secondary N) is 1. The Balaban J connectivity index is 1.45. The predicted molar refractivity (Wildman–Crippen MR) is 76.6 cm³/mol. The van der Waals surface area contributed by atoms with E-state index < -0.39 is 0 Å². The molecule has 2 aromatic heterocycles. The molecule has 0 spiro atoms. The lowest BCUT2D eigenvalue weighted by Crippen LogP contribution is -2.27. The van der Waals surface area contributed by atoms with Crippen LogP contribution in [-0.4, -0.2) is 39.1 Å². The van der Waals surface area contributed by atoms with E-state index in [1.807, 2.05) is 12.1 Å². The van der Waals surface area contributed by atoms with Crippen LogP contribution in [0, 0.1) is 5.92 Å². The van der Waals surface area contributed by atoms with Crippen molar-refractivity contribution in [3.63, 3.8) is 0 Å². The molecule has 0 unspecified atom stereocenters. The zero-order valence-electron chi connectivity index (χ0n) is 11.8. The van der Waals surface area contributed by atoms with E-state index in [1.54, 1.807) is 10.8 Å². The van der Waals surface area contributed by atoms with E-state index in [1.165, 1.54) is 25.7 Å². The zero-order chi connectivity index (χ0) is 13.8. The van der Waals surface area contributed by atoms with Gasteiger partial charge < -0.3 is 10.1 Å². The number of ether oxygens (including phenoxy) is 1. The third-order valence-electron chi connectivity index (χ3n) is 3.93. The van der Waals surface area contributed by atoms with Gasteiger partial charge in [-0.25, -0.2) is 0 Å². The van der Waals surface area contributed by atoms with Crippen LogP contribution in [-0.2, 0) is 4.74 Å². The van der Waals surface area contributed by atoms with E-state index in [0.29, 0.717) is 12.0 Å². The first-order chi connectivity index (χ1) is 9.83. The molecule has 2 aromatic rings. The van der Waals surface area contributed by atoms with Gasteiger partial charge in [-0.1, -0.05) is 19.8 Å². The molecule has 2 heterocycles. The molecule has 0 aliphatic heterocycles. The molecule has 1 saturated carbocycles. The van der Waals surface area contributed by atoms with Crippen LogP contribution in [0.3, 0.4) is 0 Å². The van der Waals surface area contributed by atoms with Crippen LogP contribution in [0.2, 0.25) is 0 Å². The first-order valence-electron chi connectivity index (χ1n) is 7.35. The number of fused-ring (bicyclic) bond motifs is 1. The summed E-state index contributed by atoms with van der Waals surface area (Å²) in [6.45, 7) is 3.78. The summed E-state index contributed by atoms with van der Waals surface area (Å²) in [7, 11) is 0. The Kier molecular flexibility index (Phi) is 4.11. The highest BCUT2D eigenvalue weighted by Gasteiger charge is 2.21. The maximum absolute atomic E-state index is 5.97. The fraction of sp³-hybridized carbons (Fsp3) is 0.643. The molecule has 1 fully saturated rings. The quantitative estimate of drug-likeness (QED) is 0.847. The fourth-order valence-corrected chi connectivity index (χ4v) is 2.74. The third kappa shape index (κ3) is 3.07. The Bertz CT molecular complexity index is 555. The molecule has 6 nitrogen and oxygen atoms in total. The predicted octanol–water partition coefficient (Wildman–Crippen LogP) is 2.13. The van der Waals surface area contributed by atoms with Gasteiger partial charge in [0.2, 0.25) is 0 Å². The number of anilines is 1. The molecular formula is C14H21N5O. The van der Waals surface area contributed by atoms with Gasteiger partial charge in [-0.05, 0) is 30.9 Å². The smallest absolute Gasteiger partial charge is 0.177 e. The Hall–Kier alpha value is -1.69. The Morgan fingerprint density at radius 1 is 1.35 bits per heavy atom. The second-order valence-corrected chi connectivity index (χ2v) is 5.45. The molecule has 2 atom stereocenters. The highest BCUT2D eigenvalue weighted by molar-refractivity contribution is 5.42. The van der Waals surface area contributed by atoms with Gasteiger partial charge in [0.15, 0.2) is 5.65 Å².